The van der Waals surface area contributed by atoms with Crippen LogP contribution in [0.3, 0.4) is 0 Å². The highest BCUT2D eigenvalue weighted by molar-refractivity contribution is 6.34. The van der Waals surface area contributed by atoms with Gasteiger partial charge in [-0.3, -0.25) is 4.79 Å². The Labute approximate surface area is 150 Å². The van der Waals surface area contributed by atoms with Crippen molar-refractivity contribution < 1.29 is 9.90 Å². The standard InChI is InChI=1S/C18H20ClN3O3/c1-10-2-3-11-15-12(17(23)13(18(24)25)9-22(10)15)8-14(19)16(11)21-6-4-20-5-7-21/h8-10,20H,2-7H2,1H3,(H,24,25). The van der Waals surface area contributed by atoms with Gasteiger partial charge in [0.15, 0.2) is 0 Å². The van der Waals surface area contributed by atoms with E-state index in [2.05, 4.69) is 17.1 Å². The predicted molar refractivity (Wildman–Crippen MR) is 98.3 cm³/mol. The van der Waals surface area contributed by atoms with Crippen LogP contribution in [0.1, 0.15) is 35.3 Å². The van der Waals surface area contributed by atoms with Gasteiger partial charge in [0.1, 0.15) is 5.56 Å². The van der Waals surface area contributed by atoms with Crippen LogP contribution in [0.4, 0.5) is 5.69 Å². The first-order valence-corrected chi connectivity index (χ1v) is 8.96. The van der Waals surface area contributed by atoms with Crippen molar-refractivity contribution in [3.8, 4) is 0 Å². The Bertz CT molecular complexity index is 932. The van der Waals surface area contributed by atoms with Crippen molar-refractivity contribution in [2.45, 2.75) is 25.8 Å². The molecule has 1 unspecified atom stereocenters. The highest BCUT2D eigenvalue weighted by Gasteiger charge is 2.28. The molecule has 1 aromatic carbocycles. The van der Waals surface area contributed by atoms with Gasteiger partial charge >= 0.3 is 5.97 Å². The molecule has 0 amide bonds. The number of benzene rings is 1. The molecule has 0 bridgehead atoms. The molecular weight excluding hydrogens is 342 g/mol. The second-order valence-electron chi connectivity index (χ2n) is 6.79. The lowest BCUT2D eigenvalue weighted by molar-refractivity contribution is 0.0694. The fourth-order valence-electron chi connectivity index (χ4n) is 4.02. The Morgan fingerprint density at radius 2 is 2.08 bits per heavy atom. The second-order valence-corrected chi connectivity index (χ2v) is 7.20. The van der Waals surface area contributed by atoms with Gasteiger partial charge in [-0.1, -0.05) is 11.6 Å². The Kier molecular flexibility index (Phi) is 3.96. The zero-order valence-corrected chi connectivity index (χ0v) is 14.8. The molecule has 7 heteroatoms. The van der Waals surface area contributed by atoms with Crippen LogP contribution >= 0.6 is 11.6 Å². The molecule has 6 nitrogen and oxygen atoms in total. The maximum Gasteiger partial charge on any atom is 0.341 e. The molecule has 2 N–H and O–H groups in total. The molecule has 132 valence electrons. The monoisotopic (exact) mass is 361 g/mol. The smallest absolute Gasteiger partial charge is 0.341 e. The summed E-state index contributed by atoms with van der Waals surface area (Å²) in [6.45, 7) is 5.58. The summed E-state index contributed by atoms with van der Waals surface area (Å²) in [5, 5.41) is 13.7. The molecule has 1 aromatic heterocycles. The van der Waals surface area contributed by atoms with E-state index < -0.39 is 11.4 Å². The quantitative estimate of drug-likeness (QED) is 0.858. The van der Waals surface area contributed by atoms with E-state index in [1.165, 1.54) is 6.20 Å². The molecule has 4 rings (SSSR count). The lowest BCUT2D eigenvalue weighted by atomic mass is 9.93. The first-order chi connectivity index (χ1) is 12.0. The normalized spacial score (nSPS) is 20.1. The number of rotatable bonds is 2. The fourth-order valence-corrected chi connectivity index (χ4v) is 4.36. The Hall–Kier alpha value is -2.05. The SMILES string of the molecule is CC1CCc2c(N3CCNCC3)c(Cl)cc3c(=O)c(C(=O)O)cn1c23. The summed E-state index contributed by atoms with van der Waals surface area (Å²) in [6.07, 6.45) is 3.22. The van der Waals surface area contributed by atoms with Crippen molar-refractivity contribution in [3.05, 3.63) is 38.6 Å². The molecule has 0 saturated carbocycles. The van der Waals surface area contributed by atoms with Crippen molar-refractivity contribution in [3.63, 3.8) is 0 Å². The number of anilines is 1. The zero-order chi connectivity index (χ0) is 17.7. The number of nitrogens with zero attached hydrogens (tertiary/aromatic N) is 2. The van der Waals surface area contributed by atoms with Gasteiger partial charge in [0.2, 0.25) is 5.43 Å². The maximum atomic E-state index is 12.7. The number of aromatic nitrogens is 1. The number of hydrogen-bond donors (Lipinski definition) is 2. The highest BCUT2D eigenvalue weighted by Crippen LogP contribution is 2.40. The van der Waals surface area contributed by atoms with Gasteiger partial charge < -0.3 is 19.9 Å². The molecule has 1 fully saturated rings. The number of piperazine rings is 1. The molecule has 0 radical (unpaired) electrons. The molecular formula is C18H20ClN3O3. The van der Waals surface area contributed by atoms with Gasteiger partial charge in [-0.25, -0.2) is 4.79 Å². The third-order valence-corrected chi connectivity index (χ3v) is 5.58. The lowest BCUT2D eigenvalue weighted by Crippen LogP contribution is -2.44. The highest BCUT2D eigenvalue weighted by atomic mass is 35.5. The van der Waals surface area contributed by atoms with E-state index in [9.17, 15) is 14.7 Å². The summed E-state index contributed by atoms with van der Waals surface area (Å²) in [5.74, 6) is -1.20. The first kappa shape index (κ1) is 16.4. The van der Waals surface area contributed by atoms with Crippen LogP contribution in [-0.2, 0) is 6.42 Å². The number of nitrogens with one attached hydrogen (secondary N) is 1. The number of carboxylic acid groups (broad SMARTS) is 1. The average Bonchev–Trinajstić information content (AvgIpc) is 2.60. The van der Waals surface area contributed by atoms with Crippen LogP contribution in [0.15, 0.2) is 17.1 Å². The summed E-state index contributed by atoms with van der Waals surface area (Å²) in [4.78, 5) is 26.4. The van der Waals surface area contributed by atoms with E-state index in [0.29, 0.717) is 10.4 Å². The summed E-state index contributed by atoms with van der Waals surface area (Å²) >= 11 is 6.58. The Morgan fingerprint density at radius 1 is 1.36 bits per heavy atom. The van der Waals surface area contributed by atoms with Crippen molar-refractivity contribution >= 4 is 34.2 Å². The molecule has 0 spiro atoms. The number of halogens is 1. The number of hydrogen-bond acceptors (Lipinski definition) is 4. The third-order valence-electron chi connectivity index (χ3n) is 5.29. The van der Waals surface area contributed by atoms with Gasteiger partial charge in [0.25, 0.3) is 0 Å². The maximum absolute atomic E-state index is 12.7. The van der Waals surface area contributed by atoms with Crippen LogP contribution in [0.5, 0.6) is 0 Å². The Morgan fingerprint density at radius 3 is 2.76 bits per heavy atom. The first-order valence-electron chi connectivity index (χ1n) is 8.58. The minimum absolute atomic E-state index is 0.144. The molecule has 25 heavy (non-hydrogen) atoms. The van der Waals surface area contributed by atoms with E-state index in [-0.39, 0.29) is 11.6 Å². The Balaban J connectivity index is 2.06. The molecule has 0 aliphatic carbocycles. The fraction of sp³-hybridized carbons (Fsp3) is 0.444. The second kappa shape index (κ2) is 6.04. The van der Waals surface area contributed by atoms with Crippen LogP contribution in [0.25, 0.3) is 10.9 Å². The van der Waals surface area contributed by atoms with E-state index >= 15 is 0 Å². The molecule has 2 aliphatic heterocycles. The molecule has 2 aliphatic rings. The van der Waals surface area contributed by atoms with Gasteiger partial charge in [0.05, 0.1) is 16.2 Å². The molecule has 1 atom stereocenters. The molecule has 3 heterocycles. The van der Waals surface area contributed by atoms with Gasteiger partial charge in [0, 0.05) is 49.4 Å². The number of pyridine rings is 1. The molecule has 1 saturated heterocycles. The summed E-state index contributed by atoms with van der Waals surface area (Å²) in [7, 11) is 0. The van der Waals surface area contributed by atoms with Crippen LogP contribution in [-0.4, -0.2) is 41.8 Å². The lowest BCUT2D eigenvalue weighted by Gasteiger charge is -2.35. The topological polar surface area (TPSA) is 74.6 Å². The van der Waals surface area contributed by atoms with Crippen molar-refractivity contribution in [1.82, 2.24) is 9.88 Å². The van der Waals surface area contributed by atoms with E-state index in [1.807, 2.05) is 4.57 Å². The van der Waals surface area contributed by atoms with Gasteiger partial charge in [-0.15, -0.1) is 0 Å². The minimum Gasteiger partial charge on any atom is -0.477 e. The predicted octanol–water partition coefficient (Wildman–Crippen LogP) is 2.27. The van der Waals surface area contributed by atoms with Crippen LogP contribution in [0, 0.1) is 0 Å². The summed E-state index contributed by atoms with van der Waals surface area (Å²) in [6, 6.07) is 1.80. The van der Waals surface area contributed by atoms with Crippen LogP contribution in [0.2, 0.25) is 5.02 Å². The van der Waals surface area contributed by atoms with Gasteiger partial charge in [-0.05, 0) is 25.8 Å². The van der Waals surface area contributed by atoms with Crippen molar-refractivity contribution in [2.24, 2.45) is 0 Å². The number of carbonyl (C=O) groups is 1. The summed E-state index contributed by atoms with van der Waals surface area (Å²) in [5.41, 5.74) is 2.25. The van der Waals surface area contributed by atoms with E-state index in [4.69, 9.17) is 11.6 Å². The number of carboxylic acids is 1. The third kappa shape index (κ3) is 2.51. The summed E-state index contributed by atoms with van der Waals surface area (Å²) < 4.78 is 1.95. The van der Waals surface area contributed by atoms with Crippen molar-refractivity contribution in [2.75, 3.05) is 31.1 Å². The largest absolute Gasteiger partial charge is 0.477 e. The average molecular weight is 362 g/mol. The number of aryl methyl sites for hydroxylation is 1. The minimum atomic E-state index is -1.20. The number of aromatic carboxylic acids is 1. The van der Waals surface area contributed by atoms with Crippen LogP contribution < -0.4 is 15.6 Å². The molecule has 2 aromatic rings. The zero-order valence-electron chi connectivity index (χ0n) is 14.0. The van der Waals surface area contributed by atoms with E-state index in [0.717, 1.165) is 55.8 Å². The van der Waals surface area contributed by atoms with Gasteiger partial charge in [-0.2, -0.15) is 0 Å². The van der Waals surface area contributed by atoms with Crippen molar-refractivity contribution in [1.29, 1.82) is 0 Å². The van der Waals surface area contributed by atoms with E-state index in [1.54, 1.807) is 6.07 Å².